The van der Waals surface area contributed by atoms with E-state index in [-0.39, 0.29) is 0 Å². The Labute approximate surface area is 126 Å². The number of nitrogens with two attached hydrogens (primary N) is 1. The van der Waals surface area contributed by atoms with Gasteiger partial charge in [-0.1, -0.05) is 6.92 Å². The summed E-state index contributed by atoms with van der Waals surface area (Å²) in [6, 6.07) is 0. The molecule has 0 radical (unpaired) electrons. The molecule has 0 aliphatic carbocycles. The SMILES string of the molecule is CCN1CCN(c2ncnc(N3CCCCC3)c2N)CC1. The zero-order valence-electron chi connectivity index (χ0n) is 13.0. The Bertz CT molecular complexity index is 463. The molecule has 116 valence electrons. The summed E-state index contributed by atoms with van der Waals surface area (Å²) in [6.45, 7) is 9.60. The van der Waals surface area contributed by atoms with Gasteiger partial charge in [0.1, 0.15) is 12.0 Å². The van der Waals surface area contributed by atoms with E-state index in [0.29, 0.717) is 0 Å². The van der Waals surface area contributed by atoms with Crippen molar-refractivity contribution in [3.63, 3.8) is 0 Å². The van der Waals surface area contributed by atoms with Gasteiger partial charge in [-0.25, -0.2) is 9.97 Å². The predicted octanol–water partition coefficient (Wildman–Crippen LogP) is 1.19. The third kappa shape index (κ3) is 3.05. The van der Waals surface area contributed by atoms with Crippen LogP contribution in [0.25, 0.3) is 0 Å². The van der Waals surface area contributed by atoms with Crippen molar-refractivity contribution in [1.29, 1.82) is 0 Å². The van der Waals surface area contributed by atoms with Gasteiger partial charge in [0.05, 0.1) is 0 Å². The monoisotopic (exact) mass is 290 g/mol. The molecule has 1 aromatic heterocycles. The van der Waals surface area contributed by atoms with Crippen LogP contribution < -0.4 is 15.5 Å². The van der Waals surface area contributed by atoms with E-state index < -0.39 is 0 Å². The molecule has 2 N–H and O–H groups in total. The summed E-state index contributed by atoms with van der Waals surface area (Å²) in [5.41, 5.74) is 7.14. The van der Waals surface area contributed by atoms with Crippen LogP contribution in [0.2, 0.25) is 0 Å². The normalized spacial score (nSPS) is 20.8. The van der Waals surface area contributed by atoms with E-state index in [1.807, 2.05) is 0 Å². The first-order chi connectivity index (χ1) is 10.3. The van der Waals surface area contributed by atoms with Crippen molar-refractivity contribution in [3.05, 3.63) is 6.33 Å². The van der Waals surface area contributed by atoms with Gasteiger partial charge in [0.25, 0.3) is 0 Å². The van der Waals surface area contributed by atoms with Gasteiger partial charge in [-0.05, 0) is 25.8 Å². The molecule has 0 saturated carbocycles. The van der Waals surface area contributed by atoms with E-state index in [1.54, 1.807) is 6.33 Å². The Hall–Kier alpha value is -1.56. The number of piperidine rings is 1. The Balaban J connectivity index is 1.77. The van der Waals surface area contributed by atoms with Gasteiger partial charge in [0.2, 0.25) is 0 Å². The molecule has 2 fully saturated rings. The summed E-state index contributed by atoms with van der Waals surface area (Å²) in [6.07, 6.45) is 5.44. The molecular formula is C15H26N6. The summed E-state index contributed by atoms with van der Waals surface area (Å²) >= 11 is 0. The van der Waals surface area contributed by atoms with Crippen molar-refractivity contribution in [1.82, 2.24) is 14.9 Å². The van der Waals surface area contributed by atoms with Gasteiger partial charge >= 0.3 is 0 Å². The molecule has 6 nitrogen and oxygen atoms in total. The average molecular weight is 290 g/mol. The Morgan fingerprint density at radius 2 is 1.48 bits per heavy atom. The zero-order valence-corrected chi connectivity index (χ0v) is 13.0. The molecule has 0 spiro atoms. The minimum absolute atomic E-state index is 0.754. The van der Waals surface area contributed by atoms with Crippen LogP contribution in [-0.4, -0.2) is 60.7 Å². The van der Waals surface area contributed by atoms with Crippen molar-refractivity contribution in [2.24, 2.45) is 0 Å². The van der Waals surface area contributed by atoms with Crippen molar-refractivity contribution in [2.45, 2.75) is 26.2 Å². The van der Waals surface area contributed by atoms with E-state index in [0.717, 1.165) is 63.1 Å². The molecule has 0 unspecified atom stereocenters. The summed E-state index contributed by atoms with van der Waals surface area (Å²) in [4.78, 5) is 16.0. The standard InChI is InChI=1S/C15H26N6/c1-2-19-8-10-21(11-9-19)15-13(16)14(17-12-18-15)20-6-4-3-5-7-20/h12H,2-11,16H2,1H3. The average Bonchev–Trinajstić information content (AvgIpc) is 2.56. The highest BCUT2D eigenvalue weighted by Gasteiger charge is 2.22. The third-order valence-corrected chi connectivity index (χ3v) is 4.62. The van der Waals surface area contributed by atoms with Crippen molar-refractivity contribution in [3.8, 4) is 0 Å². The van der Waals surface area contributed by atoms with Crippen LogP contribution in [-0.2, 0) is 0 Å². The van der Waals surface area contributed by atoms with Crippen LogP contribution in [0.5, 0.6) is 0 Å². The van der Waals surface area contributed by atoms with E-state index in [9.17, 15) is 0 Å². The number of piperazine rings is 1. The first-order valence-electron chi connectivity index (χ1n) is 8.12. The number of rotatable bonds is 3. The van der Waals surface area contributed by atoms with Crippen LogP contribution in [0.3, 0.4) is 0 Å². The highest BCUT2D eigenvalue weighted by atomic mass is 15.3. The summed E-state index contributed by atoms with van der Waals surface area (Å²) < 4.78 is 0. The maximum Gasteiger partial charge on any atom is 0.157 e. The fourth-order valence-corrected chi connectivity index (χ4v) is 3.26. The quantitative estimate of drug-likeness (QED) is 0.902. The molecule has 2 aliphatic rings. The number of likely N-dealkylation sites (N-methyl/N-ethyl adjacent to an activating group) is 1. The molecule has 2 aliphatic heterocycles. The minimum atomic E-state index is 0.754. The Morgan fingerprint density at radius 3 is 2.05 bits per heavy atom. The summed E-state index contributed by atoms with van der Waals surface area (Å²) in [5, 5.41) is 0. The van der Waals surface area contributed by atoms with Gasteiger partial charge in [-0.15, -0.1) is 0 Å². The minimum Gasteiger partial charge on any atom is -0.393 e. The Morgan fingerprint density at radius 1 is 0.905 bits per heavy atom. The zero-order chi connectivity index (χ0) is 14.7. The van der Waals surface area contributed by atoms with Crippen LogP contribution in [0, 0.1) is 0 Å². The fourth-order valence-electron chi connectivity index (χ4n) is 3.26. The van der Waals surface area contributed by atoms with Gasteiger partial charge in [0.15, 0.2) is 11.6 Å². The molecule has 0 bridgehead atoms. The van der Waals surface area contributed by atoms with Gasteiger partial charge < -0.3 is 20.4 Å². The largest absolute Gasteiger partial charge is 0.393 e. The second kappa shape index (κ2) is 6.47. The van der Waals surface area contributed by atoms with E-state index in [4.69, 9.17) is 5.73 Å². The number of aromatic nitrogens is 2. The van der Waals surface area contributed by atoms with Gasteiger partial charge in [-0.2, -0.15) is 0 Å². The number of hydrogen-bond donors (Lipinski definition) is 1. The lowest BCUT2D eigenvalue weighted by Gasteiger charge is -2.36. The summed E-state index contributed by atoms with van der Waals surface area (Å²) in [7, 11) is 0. The van der Waals surface area contributed by atoms with Crippen molar-refractivity contribution >= 4 is 17.3 Å². The van der Waals surface area contributed by atoms with Crippen molar-refractivity contribution < 1.29 is 0 Å². The second-order valence-corrected chi connectivity index (χ2v) is 5.90. The molecule has 1 aromatic rings. The predicted molar refractivity (Wildman–Crippen MR) is 86.8 cm³/mol. The molecule has 0 aromatic carbocycles. The molecular weight excluding hydrogens is 264 g/mol. The fraction of sp³-hybridized carbons (Fsp3) is 0.733. The maximum atomic E-state index is 6.39. The highest BCUT2D eigenvalue weighted by molar-refractivity contribution is 5.75. The third-order valence-electron chi connectivity index (χ3n) is 4.62. The molecule has 2 saturated heterocycles. The van der Waals surface area contributed by atoms with Crippen LogP contribution in [0.1, 0.15) is 26.2 Å². The van der Waals surface area contributed by atoms with Gasteiger partial charge in [0, 0.05) is 39.3 Å². The number of nitrogen functional groups attached to an aromatic ring is 1. The summed E-state index contributed by atoms with van der Waals surface area (Å²) in [5.74, 6) is 1.85. The second-order valence-electron chi connectivity index (χ2n) is 5.90. The Kier molecular flexibility index (Phi) is 4.43. The molecule has 21 heavy (non-hydrogen) atoms. The molecule has 3 heterocycles. The maximum absolute atomic E-state index is 6.39. The smallest absolute Gasteiger partial charge is 0.157 e. The van der Waals surface area contributed by atoms with E-state index >= 15 is 0 Å². The molecule has 3 rings (SSSR count). The lowest BCUT2D eigenvalue weighted by Crippen LogP contribution is -2.46. The van der Waals surface area contributed by atoms with Crippen LogP contribution in [0.15, 0.2) is 6.33 Å². The number of hydrogen-bond acceptors (Lipinski definition) is 6. The van der Waals surface area contributed by atoms with E-state index in [1.165, 1.54) is 19.3 Å². The number of anilines is 3. The van der Waals surface area contributed by atoms with Crippen molar-refractivity contribution in [2.75, 3.05) is 61.3 Å². The van der Waals surface area contributed by atoms with E-state index in [2.05, 4.69) is 31.6 Å². The van der Waals surface area contributed by atoms with Gasteiger partial charge in [-0.3, -0.25) is 0 Å². The molecule has 0 amide bonds. The first kappa shape index (κ1) is 14.4. The van der Waals surface area contributed by atoms with Crippen LogP contribution >= 0.6 is 0 Å². The van der Waals surface area contributed by atoms with Crippen LogP contribution in [0.4, 0.5) is 17.3 Å². The topological polar surface area (TPSA) is 61.5 Å². The highest BCUT2D eigenvalue weighted by Crippen LogP contribution is 2.30. The number of nitrogens with zero attached hydrogens (tertiary/aromatic N) is 5. The molecule has 0 atom stereocenters. The molecule has 6 heteroatoms. The first-order valence-corrected chi connectivity index (χ1v) is 8.12. The lowest BCUT2D eigenvalue weighted by molar-refractivity contribution is 0.270. The lowest BCUT2D eigenvalue weighted by atomic mass is 10.1.